The SMILES string of the molecule is CC1CC[C@@]2(OC1)OC1CC3C4CCC5=CC(=O)CCC5(C)C4CCC3(C)C1C2C. The van der Waals surface area contributed by atoms with Gasteiger partial charge in [-0.1, -0.05) is 33.3 Å². The average molecular weight is 413 g/mol. The molecule has 2 aliphatic heterocycles. The van der Waals surface area contributed by atoms with E-state index in [1.807, 2.05) is 6.08 Å². The van der Waals surface area contributed by atoms with E-state index in [1.165, 1.54) is 37.7 Å². The molecule has 30 heavy (non-hydrogen) atoms. The molecule has 0 amide bonds. The van der Waals surface area contributed by atoms with E-state index in [4.69, 9.17) is 9.47 Å². The highest BCUT2D eigenvalue weighted by molar-refractivity contribution is 5.91. The molecule has 3 nitrogen and oxygen atoms in total. The van der Waals surface area contributed by atoms with Crippen LogP contribution < -0.4 is 0 Å². The molecule has 2 saturated heterocycles. The Kier molecular flexibility index (Phi) is 4.29. The summed E-state index contributed by atoms with van der Waals surface area (Å²) in [5.74, 6) is 4.24. The number of allylic oxidation sites excluding steroid dienone is 1. The maximum atomic E-state index is 12.1. The summed E-state index contributed by atoms with van der Waals surface area (Å²) in [6.45, 7) is 10.7. The number of ether oxygens (including phenoxy) is 2. The molecular formula is C27H40O3. The fraction of sp³-hybridized carbons (Fsp3) is 0.889. The van der Waals surface area contributed by atoms with Crippen LogP contribution in [0.5, 0.6) is 0 Å². The summed E-state index contributed by atoms with van der Waals surface area (Å²) in [6.07, 6.45) is 12.9. The molecule has 0 aromatic heterocycles. The molecule has 10 atom stereocenters. The van der Waals surface area contributed by atoms with Crippen LogP contribution in [0, 0.1) is 46.3 Å². The Hall–Kier alpha value is -0.670. The largest absolute Gasteiger partial charge is 0.349 e. The fourth-order valence-electron chi connectivity index (χ4n) is 9.58. The van der Waals surface area contributed by atoms with Gasteiger partial charge in [0.25, 0.3) is 0 Å². The van der Waals surface area contributed by atoms with Crippen LogP contribution in [0.1, 0.15) is 85.5 Å². The molecule has 1 spiro atoms. The van der Waals surface area contributed by atoms with Gasteiger partial charge >= 0.3 is 0 Å². The predicted octanol–water partition coefficient (Wildman–Crippen LogP) is 5.92. The minimum Gasteiger partial charge on any atom is -0.349 e. The van der Waals surface area contributed by atoms with Gasteiger partial charge in [-0.3, -0.25) is 4.79 Å². The van der Waals surface area contributed by atoms with Crippen molar-refractivity contribution < 1.29 is 14.3 Å². The van der Waals surface area contributed by atoms with Crippen molar-refractivity contribution in [3.05, 3.63) is 11.6 Å². The quantitative estimate of drug-likeness (QED) is 0.495. The van der Waals surface area contributed by atoms with E-state index in [0.29, 0.717) is 35.1 Å². The second-order valence-electron chi connectivity index (χ2n) is 12.5. The molecular weight excluding hydrogens is 372 g/mol. The fourth-order valence-corrected chi connectivity index (χ4v) is 9.58. The van der Waals surface area contributed by atoms with Crippen molar-refractivity contribution in [1.29, 1.82) is 0 Å². The third kappa shape index (κ3) is 2.48. The van der Waals surface area contributed by atoms with Gasteiger partial charge in [0.05, 0.1) is 12.7 Å². The molecule has 0 bridgehead atoms. The monoisotopic (exact) mass is 412 g/mol. The maximum absolute atomic E-state index is 12.1. The second kappa shape index (κ2) is 6.44. The van der Waals surface area contributed by atoms with Crippen LogP contribution in [-0.4, -0.2) is 24.3 Å². The Balaban J connectivity index is 1.28. The summed E-state index contributed by atoms with van der Waals surface area (Å²) in [5, 5.41) is 0. The first-order chi connectivity index (χ1) is 14.3. The number of carbonyl (C=O) groups excluding carboxylic acids is 1. The van der Waals surface area contributed by atoms with Gasteiger partial charge in [0.1, 0.15) is 0 Å². The van der Waals surface area contributed by atoms with Crippen molar-refractivity contribution >= 4 is 5.78 Å². The molecule has 3 heteroatoms. The molecule has 6 aliphatic rings. The van der Waals surface area contributed by atoms with Crippen LogP contribution in [0.4, 0.5) is 0 Å². The molecule has 4 aliphatic carbocycles. The number of rotatable bonds is 0. The number of ketones is 1. The number of fused-ring (bicyclic) bond motifs is 7. The van der Waals surface area contributed by atoms with Crippen molar-refractivity contribution in [3.8, 4) is 0 Å². The van der Waals surface area contributed by atoms with Crippen LogP contribution >= 0.6 is 0 Å². The van der Waals surface area contributed by atoms with Gasteiger partial charge in [0, 0.05) is 18.8 Å². The van der Waals surface area contributed by atoms with Crippen LogP contribution in [0.3, 0.4) is 0 Å². The van der Waals surface area contributed by atoms with Gasteiger partial charge in [-0.25, -0.2) is 0 Å². The summed E-state index contributed by atoms with van der Waals surface area (Å²) in [4.78, 5) is 12.1. The Morgan fingerprint density at radius 1 is 1.00 bits per heavy atom. The highest BCUT2D eigenvalue weighted by Crippen LogP contribution is 2.70. The molecule has 0 aromatic carbocycles. The Morgan fingerprint density at radius 2 is 1.83 bits per heavy atom. The summed E-state index contributed by atoms with van der Waals surface area (Å²) in [5.41, 5.74) is 2.14. The molecule has 6 rings (SSSR count). The van der Waals surface area contributed by atoms with E-state index < -0.39 is 0 Å². The third-order valence-electron chi connectivity index (χ3n) is 11.2. The smallest absolute Gasteiger partial charge is 0.171 e. The first-order valence-corrected chi connectivity index (χ1v) is 12.8. The number of hydrogen-bond acceptors (Lipinski definition) is 3. The maximum Gasteiger partial charge on any atom is 0.171 e. The van der Waals surface area contributed by atoms with Crippen LogP contribution in [-0.2, 0) is 14.3 Å². The lowest BCUT2D eigenvalue weighted by molar-refractivity contribution is -0.272. The van der Waals surface area contributed by atoms with Crippen molar-refractivity contribution in [2.24, 2.45) is 46.3 Å². The third-order valence-corrected chi connectivity index (χ3v) is 11.2. The molecule has 9 unspecified atom stereocenters. The lowest BCUT2D eigenvalue weighted by Crippen LogP contribution is -2.52. The zero-order valence-corrected chi connectivity index (χ0v) is 19.4. The Labute approximate surface area is 182 Å². The molecule has 0 radical (unpaired) electrons. The first kappa shape index (κ1) is 20.0. The van der Waals surface area contributed by atoms with E-state index in [-0.39, 0.29) is 11.2 Å². The van der Waals surface area contributed by atoms with E-state index >= 15 is 0 Å². The van der Waals surface area contributed by atoms with Crippen LogP contribution in [0.15, 0.2) is 11.6 Å². The van der Waals surface area contributed by atoms with E-state index in [1.54, 1.807) is 0 Å². The van der Waals surface area contributed by atoms with Crippen molar-refractivity contribution in [2.75, 3.05) is 6.61 Å². The van der Waals surface area contributed by atoms with E-state index in [2.05, 4.69) is 27.7 Å². The van der Waals surface area contributed by atoms with Crippen LogP contribution in [0.2, 0.25) is 0 Å². The van der Waals surface area contributed by atoms with Gasteiger partial charge in [-0.05, 0) is 91.4 Å². The number of hydrogen-bond donors (Lipinski definition) is 0. The number of carbonyl (C=O) groups is 1. The average Bonchev–Trinajstić information content (AvgIpc) is 3.16. The van der Waals surface area contributed by atoms with Gasteiger partial charge in [0.15, 0.2) is 11.6 Å². The van der Waals surface area contributed by atoms with Gasteiger partial charge < -0.3 is 9.47 Å². The lowest BCUT2D eigenvalue weighted by Gasteiger charge is -2.58. The molecule has 3 saturated carbocycles. The standard InChI is InChI=1S/C27H40O3/c1-16-7-12-27(29-15-16)17(2)24-23(30-27)14-22-20-6-5-18-13-19(28)8-10-25(18,3)21(20)9-11-26(22,24)4/h13,16-17,20-24H,5-12,14-15H2,1-4H3/t16?,17?,20?,21?,22?,23?,24?,25?,26?,27-/m1/s1. The van der Waals surface area contributed by atoms with Crippen molar-refractivity contribution in [3.63, 3.8) is 0 Å². The molecule has 0 aromatic rings. The minimum atomic E-state index is -0.301. The summed E-state index contributed by atoms with van der Waals surface area (Å²) in [7, 11) is 0. The van der Waals surface area contributed by atoms with Crippen molar-refractivity contribution in [2.45, 2.75) is 97.4 Å². The summed E-state index contributed by atoms with van der Waals surface area (Å²) < 4.78 is 13.3. The zero-order chi connectivity index (χ0) is 20.9. The lowest BCUT2D eigenvalue weighted by atomic mass is 9.46. The molecule has 2 heterocycles. The topological polar surface area (TPSA) is 35.5 Å². The van der Waals surface area contributed by atoms with Gasteiger partial charge in [-0.15, -0.1) is 0 Å². The normalized spacial score (nSPS) is 57.4. The van der Waals surface area contributed by atoms with Gasteiger partial charge in [-0.2, -0.15) is 0 Å². The molecule has 166 valence electrons. The Morgan fingerprint density at radius 3 is 2.60 bits per heavy atom. The second-order valence-corrected chi connectivity index (χ2v) is 12.5. The summed E-state index contributed by atoms with van der Waals surface area (Å²) >= 11 is 0. The van der Waals surface area contributed by atoms with Gasteiger partial charge in [0.2, 0.25) is 0 Å². The summed E-state index contributed by atoms with van der Waals surface area (Å²) in [6, 6.07) is 0. The molecule has 0 N–H and O–H groups in total. The Bertz CT molecular complexity index is 777. The minimum absolute atomic E-state index is 0.270. The highest BCUT2D eigenvalue weighted by atomic mass is 16.7. The van der Waals surface area contributed by atoms with E-state index in [0.717, 1.165) is 50.0 Å². The first-order valence-electron chi connectivity index (χ1n) is 12.8. The van der Waals surface area contributed by atoms with E-state index in [9.17, 15) is 4.79 Å². The highest BCUT2D eigenvalue weighted by Gasteiger charge is 2.68. The van der Waals surface area contributed by atoms with Crippen molar-refractivity contribution in [1.82, 2.24) is 0 Å². The predicted molar refractivity (Wildman–Crippen MR) is 117 cm³/mol. The van der Waals surface area contributed by atoms with Crippen LogP contribution in [0.25, 0.3) is 0 Å². The zero-order valence-electron chi connectivity index (χ0n) is 19.4. The molecule has 5 fully saturated rings.